The lowest BCUT2D eigenvalue weighted by atomic mass is 10.2. The first-order valence-electron chi connectivity index (χ1n) is 3.50. The predicted molar refractivity (Wildman–Crippen MR) is 51.7 cm³/mol. The fourth-order valence-corrected chi connectivity index (χ4v) is 1.17. The molecule has 0 aliphatic rings. The summed E-state index contributed by atoms with van der Waals surface area (Å²) in [5, 5.41) is 2.90. The van der Waals surface area contributed by atoms with Crippen molar-refractivity contribution in [2.75, 3.05) is 18.1 Å². The Labute approximate surface area is 80.1 Å². The molecule has 1 aromatic rings. The van der Waals surface area contributed by atoms with Crippen molar-refractivity contribution in [3.8, 4) is 0 Å². The minimum Gasteiger partial charge on any atom is -0.398 e. The number of hydrogen-bond acceptors (Lipinski definition) is 4. The van der Waals surface area contributed by atoms with Crippen molar-refractivity contribution in [2.24, 2.45) is 5.73 Å². The van der Waals surface area contributed by atoms with Crippen LogP contribution in [0.2, 0.25) is 5.15 Å². The number of aromatic nitrogens is 1. The minimum atomic E-state index is -0.633. The third kappa shape index (κ3) is 1.81. The highest BCUT2D eigenvalue weighted by Gasteiger charge is 2.13. The number of nitrogen functional groups attached to an aromatic ring is 1. The van der Waals surface area contributed by atoms with Crippen LogP contribution in [0.1, 0.15) is 10.4 Å². The van der Waals surface area contributed by atoms with Gasteiger partial charge < -0.3 is 16.8 Å². The summed E-state index contributed by atoms with van der Waals surface area (Å²) in [6.45, 7) is 0. The van der Waals surface area contributed by atoms with Gasteiger partial charge in [-0.3, -0.25) is 4.79 Å². The number of nitrogens with two attached hydrogens (primary N) is 2. The fraction of sp³-hybridized carbons (Fsp3) is 0.143. The Morgan fingerprint density at radius 3 is 2.77 bits per heavy atom. The van der Waals surface area contributed by atoms with Crippen LogP contribution in [0.3, 0.4) is 0 Å². The van der Waals surface area contributed by atoms with Gasteiger partial charge >= 0.3 is 0 Å². The van der Waals surface area contributed by atoms with Gasteiger partial charge in [0.25, 0.3) is 5.91 Å². The largest absolute Gasteiger partial charge is 0.398 e. The monoisotopic (exact) mass is 200 g/mol. The van der Waals surface area contributed by atoms with E-state index in [1.165, 1.54) is 6.07 Å². The summed E-state index contributed by atoms with van der Waals surface area (Å²) in [6, 6.07) is 1.38. The number of amides is 1. The molecule has 0 fully saturated rings. The van der Waals surface area contributed by atoms with Gasteiger partial charge in [-0.25, -0.2) is 4.98 Å². The number of nitrogens with one attached hydrogen (secondary N) is 1. The Kier molecular flexibility index (Phi) is 2.57. The van der Waals surface area contributed by atoms with Crippen LogP contribution in [0.15, 0.2) is 6.07 Å². The Morgan fingerprint density at radius 2 is 2.31 bits per heavy atom. The molecule has 5 nitrogen and oxygen atoms in total. The van der Waals surface area contributed by atoms with E-state index in [2.05, 4.69) is 10.3 Å². The van der Waals surface area contributed by atoms with E-state index in [9.17, 15) is 4.79 Å². The predicted octanol–water partition coefficient (Wildman–Crippen LogP) is 0.458. The maximum atomic E-state index is 10.9. The van der Waals surface area contributed by atoms with E-state index in [0.29, 0.717) is 0 Å². The number of rotatable bonds is 2. The van der Waals surface area contributed by atoms with Crippen LogP contribution in [0.4, 0.5) is 11.5 Å². The molecule has 13 heavy (non-hydrogen) atoms. The van der Waals surface area contributed by atoms with E-state index >= 15 is 0 Å². The normalized spacial score (nSPS) is 9.69. The first kappa shape index (κ1) is 9.60. The maximum Gasteiger partial charge on any atom is 0.254 e. The zero-order valence-corrected chi connectivity index (χ0v) is 7.72. The van der Waals surface area contributed by atoms with Gasteiger partial charge in [-0.1, -0.05) is 11.6 Å². The van der Waals surface area contributed by atoms with Gasteiger partial charge in [0.2, 0.25) is 0 Å². The molecule has 1 heterocycles. The van der Waals surface area contributed by atoms with Crippen LogP contribution in [-0.2, 0) is 0 Å². The van der Waals surface area contributed by atoms with E-state index in [1.54, 1.807) is 7.05 Å². The number of nitrogens with zero attached hydrogens (tertiary/aromatic N) is 1. The summed E-state index contributed by atoms with van der Waals surface area (Å²) in [5.41, 5.74) is 11.0. The second-order valence-corrected chi connectivity index (χ2v) is 2.76. The molecule has 1 rings (SSSR count). The van der Waals surface area contributed by atoms with Crippen molar-refractivity contribution in [3.05, 3.63) is 16.8 Å². The Morgan fingerprint density at radius 1 is 1.69 bits per heavy atom. The van der Waals surface area contributed by atoms with E-state index in [4.69, 9.17) is 23.1 Å². The molecular formula is C7H9ClN4O. The number of primary amides is 1. The molecule has 0 bridgehead atoms. The number of carbonyl (C=O) groups excluding carboxylic acids is 1. The third-order valence-electron chi connectivity index (χ3n) is 1.50. The molecule has 0 aromatic carbocycles. The second kappa shape index (κ2) is 3.49. The van der Waals surface area contributed by atoms with Crippen LogP contribution in [0, 0.1) is 0 Å². The summed E-state index contributed by atoms with van der Waals surface area (Å²) >= 11 is 5.62. The summed E-state index contributed by atoms with van der Waals surface area (Å²) in [5.74, 6) is -0.344. The second-order valence-electron chi connectivity index (χ2n) is 2.37. The molecule has 0 atom stereocenters. The lowest BCUT2D eigenvalue weighted by Crippen LogP contribution is -2.16. The molecule has 0 unspecified atom stereocenters. The van der Waals surface area contributed by atoms with Gasteiger partial charge in [0.1, 0.15) is 16.5 Å². The molecule has 0 spiro atoms. The van der Waals surface area contributed by atoms with Gasteiger partial charge in [-0.05, 0) is 6.07 Å². The molecule has 0 saturated carbocycles. The van der Waals surface area contributed by atoms with Crippen molar-refractivity contribution in [2.45, 2.75) is 0 Å². The van der Waals surface area contributed by atoms with Gasteiger partial charge in [-0.2, -0.15) is 0 Å². The first-order valence-corrected chi connectivity index (χ1v) is 3.87. The molecular weight excluding hydrogens is 192 g/mol. The highest BCUT2D eigenvalue weighted by molar-refractivity contribution is 6.30. The number of pyridine rings is 1. The quantitative estimate of drug-likeness (QED) is 0.605. The number of carbonyl (C=O) groups is 1. The molecule has 6 heteroatoms. The molecule has 0 aliphatic heterocycles. The summed E-state index contributed by atoms with van der Waals surface area (Å²) in [7, 11) is 1.60. The first-order chi connectivity index (χ1) is 6.06. The lowest BCUT2D eigenvalue weighted by Gasteiger charge is -2.07. The third-order valence-corrected chi connectivity index (χ3v) is 1.70. The van der Waals surface area contributed by atoms with E-state index in [-0.39, 0.29) is 22.2 Å². The summed E-state index contributed by atoms with van der Waals surface area (Å²) in [4.78, 5) is 14.8. The smallest absolute Gasteiger partial charge is 0.254 e. The minimum absolute atomic E-state index is 0.159. The average Bonchev–Trinajstić information content (AvgIpc) is 2.01. The zero-order chi connectivity index (χ0) is 10.0. The van der Waals surface area contributed by atoms with Crippen LogP contribution in [0.5, 0.6) is 0 Å². The Balaban J connectivity index is 3.38. The molecule has 0 radical (unpaired) electrons. The molecule has 70 valence electrons. The van der Waals surface area contributed by atoms with Crippen LogP contribution in [-0.4, -0.2) is 17.9 Å². The van der Waals surface area contributed by atoms with Gasteiger partial charge in [0.05, 0.1) is 5.69 Å². The number of halogens is 1. The van der Waals surface area contributed by atoms with Crippen LogP contribution >= 0.6 is 11.6 Å². The maximum absolute atomic E-state index is 10.9. The molecule has 0 saturated heterocycles. The molecule has 1 amide bonds. The molecule has 0 aliphatic carbocycles. The Bertz CT molecular complexity index is 353. The number of anilines is 2. The lowest BCUT2D eigenvalue weighted by molar-refractivity contribution is 0.100. The summed E-state index contributed by atoms with van der Waals surface area (Å²) < 4.78 is 0. The molecule has 5 N–H and O–H groups in total. The highest BCUT2D eigenvalue weighted by Crippen LogP contribution is 2.22. The van der Waals surface area contributed by atoms with E-state index < -0.39 is 5.91 Å². The van der Waals surface area contributed by atoms with Crippen LogP contribution < -0.4 is 16.8 Å². The Hall–Kier alpha value is -1.49. The van der Waals surface area contributed by atoms with Crippen molar-refractivity contribution in [3.63, 3.8) is 0 Å². The zero-order valence-electron chi connectivity index (χ0n) is 6.97. The van der Waals surface area contributed by atoms with E-state index in [0.717, 1.165) is 0 Å². The van der Waals surface area contributed by atoms with Gasteiger partial charge in [-0.15, -0.1) is 0 Å². The topological polar surface area (TPSA) is 94.0 Å². The molecule has 1 aromatic heterocycles. The van der Waals surface area contributed by atoms with Gasteiger partial charge in [0.15, 0.2) is 0 Å². The standard InChI is InChI=1S/C7H9ClN4O/c1-11-7-5(6(10)13)3(9)2-4(8)12-7/h2H,1H3,(H2,10,13)(H3,9,11,12). The van der Waals surface area contributed by atoms with Crippen molar-refractivity contribution >= 4 is 29.0 Å². The SMILES string of the molecule is CNc1nc(Cl)cc(N)c1C(N)=O. The van der Waals surface area contributed by atoms with Crippen molar-refractivity contribution < 1.29 is 4.79 Å². The van der Waals surface area contributed by atoms with Crippen molar-refractivity contribution in [1.29, 1.82) is 0 Å². The van der Waals surface area contributed by atoms with Crippen LogP contribution in [0.25, 0.3) is 0 Å². The van der Waals surface area contributed by atoms with E-state index in [1.807, 2.05) is 0 Å². The number of hydrogen-bond donors (Lipinski definition) is 3. The van der Waals surface area contributed by atoms with Crippen molar-refractivity contribution in [1.82, 2.24) is 4.98 Å². The fourth-order valence-electron chi connectivity index (χ4n) is 0.972. The van der Waals surface area contributed by atoms with Gasteiger partial charge in [0, 0.05) is 7.05 Å². The summed E-state index contributed by atoms with van der Waals surface area (Å²) in [6.07, 6.45) is 0. The highest BCUT2D eigenvalue weighted by atomic mass is 35.5. The average molecular weight is 201 g/mol.